The van der Waals surface area contributed by atoms with Crippen molar-refractivity contribution in [1.29, 1.82) is 0 Å². The molecule has 72 heavy (non-hydrogen) atoms. The minimum atomic E-state index is -4.66. The lowest BCUT2D eigenvalue weighted by Gasteiger charge is -2.43. The molecule has 4 heterocycles. The lowest BCUT2D eigenvalue weighted by atomic mass is 9.31. The first kappa shape index (κ1) is 43.3. The largest absolute Gasteiger partial charge is 0.416 e. The molecule has 0 saturated carbocycles. The molecule has 0 spiro atoms. The molecule has 10 heteroatoms. The minimum absolute atomic E-state index is 0.445. The van der Waals surface area contributed by atoms with Crippen molar-refractivity contribution in [3.63, 3.8) is 0 Å². The maximum Gasteiger partial charge on any atom is 0.416 e. The van der Waals surface area contributed by atoms with Gasteiger partial charge in [0.15, 0.2) is 0 Å². The van der Waals surface area contributed by atoms with Gasteiger partial charge in [-0.1, -0.05) is 137 Å². The number of rotatable bonds is 2. The van der Waals surface area contributed by atoms with Crippen LogP contribution in [0.15, 0.2) is 158 Å². The summed E-state index contributed by atoms with van der Waals surface area (Å²) in [5, 5.41) is 5.64. The summed E-state index contributed by atoms with van der Waals surface area (Å²) in [4.78, 5) is 3.97. The Morgan fingerprint density at radius 1 is 0.347 bits per heavy atom. The van der Waals surface area contributed by atoms with Crippen LogP contribution >= 0.6 is 0 Å². The lowest BCUT2D eigenvalue weighted by molar-refractivity contribution is -0.138. The number of hydrogen-bond acceptors (Lipinski definition) is 2. The highest BCUT2D eigenvalue weighted by atomic mass is 19.4. The molecule has 0 saturated heterocycles. The van der Waals surface area contributed by atoms with Crippen LogP contribution in [0.25, 0.3) is 54.6 Å². The summed E-state index contributed by atoms with van der Waals surface area (Å²) in [6.07, 6.45) is -9.32. The first-order valence-corrected chi connectivity index (χ1v) is 24.6. The topological polar surface area (TPSA) is 6.48 Å². The van der Waals surface area contributed by atoms with E-state index in [1.54, 1.807) is 0 Å². The Hall–Kier alpha value is -7.45. The van der Waals surface area contributed by atoms with Crippen LogP contribution in [0.3, 0.4) is 0 Å². The zero-order chi connectivity index (χ0) is 49.7. The van der Waals surface area contributed by atoms with E-state index >= 15 is 26.3 Å². The molecular formula is C62H44B2F6N2. The number of anilines is 6. The number of halogens is 6. The van der Waals surface area contributed by atoms with Crippen LogP contribution in [0.5, 0.6) is 0 Å². The van der Waals surface area contributed by atoms with Crippen molar-refractivity contribution in [2.75, 3.05) is 9.80 Å². The molecule has 0 N–H and O–H groups in total. The SMILES string of the molecule is CC(C)(C)c1cc2c3c(cc4c(C(C)(C)C)cc5c6c(cc1c3c46)B1c3ccccc3N(c3ccccc3)c3cc(C(F)(F)F)cc-5c31)B1c3ccccc3N(c3ccccc3)c3cc(C(F)(F)F)cc-2c31. The minimum Gasteiger partial charge on any atom is -0.311 e. The van der Waals surface area contributed by atoms with Gasteiger partial charge in [0.2, 0.25) is 13.4 Å². The summed E-state index contributed by atoms with van der Waals surface area (Å²) in [6, 6.07) is 49.6. The zero-order valence-corrected chi connectivity index (χ0v) is 40.3. The van der Waals surface area contributed by atoms with Crippen molar-refractivity contribution < 1.29 is 26.3 Å². The molecule has 350 valence electrons. The van der Waals surface area contributed by atoms with Gasteiger partial charge in [0.05, 0.1) is 11.1 Å². The van der Waals surface area contributed by atoms with Crippen LogP contribution < -0.4 is 42.6 Å². The van der Waals surface area contributed by atoms with E-state index in [4.69, 9.17) is 0 Å². The number of hydrogen-bond donors (Lipinski definition) is 0. The van der Waals surface area contributed by atoms with Gasteiger partial charge in [0.1, 0.15) is 0 Å². The molecular weight excluding hydrogens is 908 g/mol. The normalized spacial score (nSPS) is 14.6. The third-order valence-corrected chi connectivity index (χ3v) is 16.0. The molecule has 0 radical (unpaired) electrons. The van der Waals surface area contributed by atoms with Gasteiger partial charge in [-0.15, -0.1) is 0 Å². The Bertz CT molecular complexity index is 3740. The van der Waals surface area contributed by atoms with E-state index in [0.717, 1.165) is 110 Å². The van der Waals surface area contributed by atoms with Crippen LogP contribution in [-0.2, 0) is 23.2 Å². The average molecular weight is 953 g/mol. The van der Waals surface area contributed by atoms with Gasteiger partial charge in [-0.2, -0.15) is 26.3 Å². The molecule has 2 nitrogen and oxygen atoms in total. The van der Waals surface area contributed by atoms with E-state index in [2.05, 4.69) is 77.9 Å². The van der Waals surface area contributed by atoms with Crippen molar-refractivity contribution >= 4 is 113 Å². The van der Waals surface area contributed by atoms with Gasteiger partial charge in [-0.25, -0.2) is 0 Å². The number of alkyl halides is 6. The summed E-state index contributed by atoms with van der Waals surface area (Å²) in [5.41, 5.74) is 11.7. The summed E-state index contributed by atoms with van der Waals surface area (Å²) in [6.45, 7) is 12.1. The standard InChI is InChI=1S/C62H44B2F6N2/c1-59(2,3)43-29-37-39-25-33(61(65,66)67)27-51-57(39)64(46-22-14-16-24-50(46)71(51)35-17-9-7-10-18-35)48-32-42-44(60(4,5)6)30-38-40-26-34(62(68,69)70)28-52-58(40)63(47-31-41(43)55(53(37)48)56(42)54(38)47)45-21-13-15-23-49(45)72(52)36-19-11-8-12-20-36/h7-32H,1-6H3. The number of para-hydroxylation sites is 4. The van der Waals surface area contributed by atoms with Crippen molar-refractivity contribution in [3.8, 4) is 22.3 Å². The van der Waals surface area contributed by atoms with Gasteiger partial charge < -0.3 is 9.80 Å². The van der Waals surface area contributed by atoms with Crippen molar-refractivity contribution in [3.05, 3.63) is 180 Å². The summed E-state index contributed by atoms with van der Waals surface area (Å²) < 4.78 is 93.3. The fourth-order valence-corrected chi connectivity index (χ4v) is 13.2. The van der Waals surface area contributed by atoms with Crippen LogP contribution in [0, 0.1) is 0 Å². The smallest absolute Gasteiger partial charge is 0.311 e. The maximum atomic E-state index is 15.5. The monoisotopic (exact) mass is 952 g/mol. The van der Waals surface area contributed by atoms with Crippen molar-refractivity contribution in [2.45, 2.75) is 64.7 Å². The Morgan fingerprint density at radius 2 is 0.708 bits per heavy atom. The maximum absolute atomic E-state index is 15.5. The van der Waals surface area contributed by atoms with Crippen LogP contribution in [0.2, 0.25) is 0 Å². The van der Waals surface area contributed by atoms with Gasteiger partial charge >= 0.3 is 12.4 Å². The fraction of sp³-hybridized carbons (Fsp3) is 0.161. The van der Waals surface area contributed by atoms with E-state index in [0.29, 0.717) is 22.5 Å². The third-order valence-electron chi connectivity index (χ3n) is 16.0. The van der Waals surface area contributed by atoms with E-state index in [1.807, 2.05) is 107 Å². The molecule has 0 amide bonds. The fourth-order valence-electron chi connectivity index (χ4n) is 13.2. The van der Waals surface area contributed by atoms with Crippen LogP contribution in [-0.4, -0.2) is 13.4 Å². The molecule has 10 aromatic rings. The predicted molar refractivity (Wildman–Crippen MR) is 287 cm³/mol. The Kier molecular flexibility index (Phi) is 8.52. The van der Waals surface area contributed by atoms with Gasteiger partial charge in [-0.3, -0.25) is 0 Å². The number of fused-ring (bicyclic) bond motifs is 8. The molecule has 0 aromatic heterocycles. The zero-order valence-electron chi connectivity index (χ0n) is 40.3. The van der Waals surface area contributed by atoms with Gasteiger partial charge in [0.25, 0.3) is 0 Å². The Balaban J connectivity index is 1.20. The average Bonchev–Trinajstić information content (AvgIpc) is 3.34. The Morgan fingerprint density at radius 3 is 1.07 bits per heavy atom. The first-order valence-electron chi connectivity index (χ1n) is 24.6. The summed E-state index contributed by atoms with van der Waals surface area (Å²) >= 11 is 0. The Labute approximate surface area is 414 Å². The molecule has 14 rings (SSSR count). The third kappa shape index (κ3) is 5.78. The molecule has 0 aliphatic carbocycles. The molecule has 10 aromatic carbocycles. The predicted octanol–water partition coefficient (Wildman–Crippen LogP) is 13.8. The van der Waals surface area contributed by atoms with Crippen molar-refractivity contribution in [2.24, 2.45) is 0 Å². The van der Waals surface area contributed by atoms with E-state index in [9.17, 15) is 0 Å². The lowest BCUT2D eigenvalue weighted by Crippen LogP contribution is -2.60. The first-order chi connectivity index (χ1) is 34.3. The number of nitrogens with zero attached hydrogens (tertiary/aromatic N) is 2. The second kappa shape index (κ2) is 14.2. The van der Waals surface area contributed by atoms with Crippen LogP contribution in [0.1, 0.15) is 63.8 Å². The van der Waals surface area contributed by atoms with Gasteiger partial charge in [0, 0.05) is 34.1 Å². The second-order valence-electron chi connectivity index (χ2n) is 22.2. The van der Waals surface area contributed by atoms with E-state index < -0.39 is 47.7 Å². The number of benzene rings is 10. The molecule has 4 aliphatic rings. The molecule has 0 atom stereocenters. The molecule has 4 aliphatic heterocycles. The molecule has 0 bridgehead atoms. The van der Waals surface area contributed by atoms with E-state index in [1.165, 1.54) is 24.3 Å². The highest BCUT2D eigenvalue weighted by Crippen LogP contribution is 2.53. The second-order valence-corrected chi connectivity index (χ2v) is 22.2. The molecule has 0 unspecified atom stereocenters. The molecule has 0 fully saturated rings. The summed E-state index contributed by atoms with van der Waals surface area (Å²) in [5.74, 6) is 0. The quantitative estimate of drug-likeness (QED) is 0.0968. The van der Waals surface area contributed by atoms with Crippen LogP contribution in [0.4, 0.5) is 60.5 Å². The summed E-state index contributed by atoms with van der Waals surface area (Å²) in [7, 11) is 0. The van der Waals surface area contributed by atoms with Crippen molar-refractivity contribution in [1.82, 2.24) is 0 Å². The highest BCUT2D eigenvalue weighted by molar-refractivity contribution is 7.02. The highest BCUT2D eigenvalue weighted by Gasteiger charge is 2.48. The van der Waals surface area contributed by atoms with E-state index in [-0.39, 0.29) is 0 Å². The van der Waals surface area contributed by atoms with Gasteiger partial charge in [-0.05, 0) is 171 Å².